The molecule has 1 saturated carbocycles. The van der Waals surface area contributed by atoms with Crippen molar-refractivity contribution in [2.75, 3.05) is 6.61 Å². The van der Waals surface area contributed by atoms with E-state index in [1.807, 2.05) is 6.92 Å². The molecule has 33 heavy (non-hydrogen) atoms. The molecule has 0 amide bonds. The van der Waals surface area contributed by atoms with E-state index in [2.05, 4.69) is 0 Å². The number of hydrogen-bond donors (Lipinski definition) is 1. The minimum absolute atomic E-state index is 0.251. The molecule has 2 aromatic carbocycles. The molecule has 0 bridgehead atoms. The van der Waals surface area contributed by atoms with Gasteiger partial charge in [0.05, 0.1) is 18.3 Å². The van der Waals surface area contributed by atoms with E-state index in [0.29, 0.717) is 48.2 Å². The summed E-state index contributed by atoms with van der Waals surface area (Å²) in [7, 11) is 0. The van der Waals surface area contributed by atoms with Gasteiger partial charge in [0.25, 0.3) is 0 Å². The summed E-state index contributed by atoms with van der Waals surface area (Å²) in [5.41, 5.74) is -1.40. The van der Waals surface area contributed by atoms with Crippen LogP contribution in [0.15, 0.2) is 42.5 Å². The molecule has 5 nitrogen and oxygen atoms in total. The maximum Gasteiger partial charge on any atom is 0.416 e. The van der Waals surface area contributed by atoms with Gasteiger partial charge in [0.15, 0.2) is 5.60 Å². The van der Waals surface area contributed by atoms with E-state index < -0.39 is 23.3 Å². The first-order valence-corrected chi connectivity index (χ1v) is 11.0. The van der Waals surface area contributed by atoms with E-state index in [1.54, 1.807) is 24.3 Å². The Kier molecular flexibility index (Phi) is 7.44. The second-order valence-electron chi connectivity index (χ2n) is 8.92. The summed E-state index contributed by atoms with van der Waals surface area (Å²) in [6.07, 6.45) is -1.42. The van der Waals surface area contributed by atoms with Crippen LogP contribution in [-0.2, 0) is 17.4 Å². The van der Waals surface area contributed by atoms with Crippen molar-refractivity contribution in [3.05, 3.63) is 53.6 Å². The van der Waals surface area contributed by atoms with Gasteiger partial charge in [0.2, 0.25) is 0 Å². The third kappa shape index (κ3) is 7.30. The Morgan fingerprint density at radius 3 is 2.30 bits per heavy atom. The van der Waals surface area contributed by atoms with E-state index in [4.69, 9.17) is 19.3 Å². The topological polar surface area (TPSA) is 65.0 Å². The molecular formula is C25H29F3O5. The average molecular weight is 466 g/mol. The molecule has 0 aliphatic heterocycles. The molecule has 0 heterocycles. The zero-order valence-electron chi connectivity index (χ0n) is 18.9. The Morgan fingerprint density at radius 2 is 1.73 bits per heavy atom. The molecule has 3 rings (SSSR count). The molecule has 180 valence electrons. The number of carboxylic acid groups (broad SMARTS) is 1. The van der Waals surface area contributed by atoms with Crippen molar-refractivity contribution < 1.29 is 37.3 Å². The van der Waals surface area contributed by atoms with Gasteiger partial charge in [-0.1, -0.05) is 0 Å². The van der Waals surface area contributed by atoms with Crippen molar-refractivity contribution >= 4 is 5.97 Å². The highest BCUT2D eigenvalue weighted by atomic mass is 19.4. The van der Waals surface area contributed by atoms with Crippen molar-refractivity contribution in [1.82, 2.24) is 0 Å². The van der Waals surface area contributed by atoms with Crippen molar-refractivity contribution in [3.63, 3.8) is 0 Å². The summed E-state index contributed by atoms with van der Waals surface area (Å²) in [6.45, 7) is 5.13. The third-order valence-corrected chi connectivity index (χ3v) is 5.43. The molecule has 1 N–H and O–H groups in total. The first-order valence-electron chi connectivity index (χ1n) is 11.0. The molecule has 1 aliphatic rings. The van der Waals surface area contributed by atoms with Crippen LogP contribution >= 0.6 is 0 Å². The maximum atomic E-state index is 13.1. The summed E-state index contributed by atoms with van der Waals surface area (Å²) in [6, 6.07) is 10.3. The van der Waals surface area contributed by atoms with Crippen LogP contribution in [-0.4, -0.2) is 29.4 Å². The lowest BCUT2D eigenvalue weighted by Crippen LogP contribution is -2.37. The van der Waals surface area contributed by atoms with E-state index >= 15 is 0 Å². The van der Waals surface area contributed by atoms with Gasteiger partial charge in [-0.2, -0.15) is 13.2 Å². The third-order valence-electron chi connectivity index (χ3n) is 5.43. The molecule has 1 aliphatic carbocycles. The van der Waals surface area contributed by atoms with Crippen LogP contribution in [0.25, 0.3) is 0 Å². The summed E-state index contributed by atoms with van der Waals surface area (Å²) < 4.78 is 56.4. The van der Waals surface area contributed by atoms with Gasteiger partial charge in [-0.25, -0.2) is 4.79 Å². The second-order valence-corrected chi connectivity index (χ2v) is 8.92. The molecule has 0 aromatic heterocycles. The fourth-order valence-electron chi connectivity index (χ4n) is 3.22. The highest BCUT2D eigenvalue weighted by Gasteiger charge is 2.32. The largest absolute Gasteiger partial charge is 0.493 e. The Bertz CT molecular complexity index is 950. The van der Waals surface area contributed by atoms with Crippen LogP contribution in [0.1, 0.15) is 51.2 Å². The summed E-state index contributed by atoms with van der Waals surface area (Å²) in [5.74, 6) is 0.862. The molecule has 0 unspecified atom stereocenters. The second kappa shape index (κ2) is 9.93. The molecule has 1 fully saturated rings. The minimum atomic E-state index is -4.37. The first-order chi connectivity index (χ1) is 15.4. The van der Waals surface area contributed by atoms with Crippen LogP contribution in [0.2, 0.25) is 0 Å². The molecule has 8 heteroatoms. The van der Waals surface area contributed by atoms with Crippen LogP contribution in [0.3, 0.4) is 0 Å². The standard InChI is InChI=1S/C25H29F3O5/c1-16(12-13-31-20-7-9-21(10-8-20)33-24(2,3)23(29)30)32-22-11-6-19(25(26,27)28)15-18(22)14-17-4-5-17/h6-11,15-17H,4-5,12-14H2,1-3H3,(H,29,30)/t16-/m0/s1. The number of carbonyl (C=O) groups is 1. The number of rotatable bonds is 11. The summed E-state index contributed by atoms with van der Waals surface area (Å²) in [5, 5.41) is 9.13. The fourth-order valence-corrected chi connectivity index (χ4v) is 3.22. The SMILES string of the molecule is C[C@@H](CCOc1ccc(OC(C)(C)C(=O)O)cc1)Oc1ccc(C(F)(F)F)cc1CC1CC1. The number of hydrogen-bond acceptors (Lipinski definition) is 4. The fraction of sp³-hybridized carbons (Fsp3) is 0.480. The smallest absolute Gasteiger partial charge is 0.416 e. The zero-order chi connectivity index (χ0) is 24.2. The van der Waals surface area contributed by atoms with Gasteiger partial charge in [0.1, 0.15) is 17.2 Å². The number of aliphatic carboxylic acids is 1. The average Bonchev–Trinajstić information content (AvgIpc) is 3.53. The number of carboxylic acids is 1. The van der Waals surface area contributed by atoms with Gasteiger partial charge in [-0.15, -0.1) is 0 Å². The van der Waals surface area contributed by atoms with Crippen molar-refractivity contribution in [3.8, 4) is 17.2 Å². The number of ether oxygens (including phenoxy) is 3. The van der Waals surface area contributed by atoms with Gasteiger partial charge >= 0.3 is 12.1 Å². The number of alkyl halides is 3. The van der Waals surface area contributed by atoms with Gasteiger partial charge in [-0.05, 0) is 94.0 Å². The van der Waals surface area contributed by atoms with Gasteiger partial charge in [0, 0.05) is 6.42 Å². The van der Waals surface area contributed by atoms with E-state index in [-0.39, 0.29) is 6.10 Å². The monoisotopic (exact) mass is 466 g/mol. The van der Waals surface area contributed by atoms with Crippen LogP contribution in [0, 0.1) is 5.92 Å². The Balaban J connectivity index is 1.52. The Morgan fingerprint density at radius 1 is 1.09 bits per heavy atom. The lowest BCUT2D eigenvalue weighted by Gasteiger charge is -2.21. The summed E-state index contributed by atoms with van der Waals surface area (Å²) >= 11 is 0. The molecule has 2 aromatic rings. The molecule has 0 radical (unpaired) electrons. The maximum absolute atomic E-state index is 13.1. The highest BCUT2D eigenvalue weighted by molar-refractivity contribution is 5.76. The van der Waals surface area contributed by atoms with E-state index in [9.17, 15) is 18.0 Å². The highest BCUT2D eigenvalue weighted by Crippen LogP contribution is 2.38. The predicted octanol–water partition coefficient (Wildman–Crippen LogP) is 6.14. The predicted molar refractivity (Wildman–Crippen MR) is 117 cm³/mol. The van der Waals surface area contributed by atoms with E-state index in [1.165, 1.54) is 26.0 Å². The van der Waals surface area contributed by atoms with Crippen LogP contribution in [0.4, 0.5) is 13.2 Å². The lowest BCUT2D eigenvalue weighted by atomic mass is 10.0. The minimum Gasteiger partial charge on any atom is -0.493 e. The zero-order valence-corrected chi connectivity index (χ0v) is 18.9. The Hall–Kier alpha value is -2.90. The van der Waals surface area contributed by atoms with Crippen molar-refractivity contribution in [2.24, 2.45) is 5.92 Å². The van der Waals surface area contributed by atoms with E-state index in [0.717, 1.165) is 18.9 Å². The first kappa shape index (κ1) is 24.7. The Labute approximate surface area is 191 Å². The van der Waals surface area contributed by atoms with Crippen LogP contribution < -0.4 is 14.2 Å². The number of halogens is 3. The van der Waals surface area contributed by atoms with Gasteiger partial charge < -0.3 is 19.3 Å². The van der Waals surface area contributed by atoms with Crippen molar-refractivity contribution in [1.29, 1.82) is 0 Å². The quantitative estimate of drug-likeness (QED) is 0.431. The van der Waals surface area contributed by atoms with Gasteiger partial charge in [-0.3, -0.25) is 0 Å². The van der Waals surface area contributed by atoms with Crippen molar-refractivity contribution in [2.45, 2.75) is 64.3 Å². The molecular weight excluding hydrogens is 437 g/mol. The lowest BCUT2D eigenvalue weighted by molar-refractivity contribution is -0.152. The molecule has 0 spiro atoms. The normalized spacial score (nSPS) is 15.1. The molecule has 1 atom stereocenters. The molecule has 0 saturated heterocycles. The summed E-state index contributed by atoms with van der Waals surface area (Å²) in [4.78, 5) is 11.2. The van der Waals surface area contributed by atoms with Crippen LogP contribution in [0.5, 0.6) is 17.2 Å². The number of benzene rings is 2.